The minimum atomic E-state index is -0.285. The number of hydrogen-bond acceptors (Lipinski definition) is 2. The summed E-state index contributed by atoms with van der Waals surface area (Å²) >= 11 is 6.15. The Balaban J connectivity index is 2.35. The molecule has 0 atom stereocenters. The summed E-state index contributed by atoms with van der Waals surface area (Å²) in [7, 11) is 0. The predicted octanol–water partition coefficient (Wildman–Crippen LogP) is 3.66. The molecule has 0 amide bonds. The van der Waals surface area contributed by atoms with Crippen LogP contribution in [0.1, 0.15) is 41.4 Å². The lowest BCUT2D eigenvalue weighted by atomic mass is 10.1. The molecule has 0 radical (unpaired) electrons. The van der Waals surface area contributed by atoms with E-state index in [1.807, 2.05) is 13.8 Å². The van der Waals surface area contributed by atoms with Gasteiger partial charge < -0.3 is 0 Å². The second kappa shape index (κ2) is 5.53. The van der Waals surface area contributed by atoms with E-state index in [4.69, 9.17) is 11.6 Å². The van der Waals surface area contributed by atoms with Gasteiger partial charge in [0, 0.05) is 0 Å². The highest BCUT2D eigenvalue weighted by molar-refractivity contribution is 6.32. The Morgan fingerprint density at radius 3 is 2.47 bits per heavy atom. The van der Waals surface area contributed by atoms with Gasteiger partial charge in [-0.25, -0.2) is 9.07 Å². The molecule has 1 aromatic heterocycles. The van der Waals surface area contributed by atoms with E-state index < -0.39 is 0 Å². The van der Waals surface area contributed by atoms with Crippen molar-refractivity contribution in [2.45, 2.75) is 26.3 Å². The summed E-state index contributed by atoms with van der Waals surface area (Å²) in [6, 6.07) is 6.11. The summed E-state index contributed by atoms with van der Waals surface area (Å²) < 4.78 is 14.4. The van der Waals surface area contributed by atoms with Crippen molar-refractivity contribution in [1.29, 1.82) is 0 Å². The molecule has 1 aromatic carbocycles. The van der Waals surface area contributed by atoms with Crippen LogP contribution in [0.25, 0.3) is 0 Å². The van der Waals surface area contributed by atoms with Crippen molar-refractivity contribution in [3.8, 4) is 0 Å². The molecule has 0 fully saturated rings. The number of halogens is 2. The second-order valence-corrected chi connectivity index (χ2v) is 5.00. The highest BCUT2D eigenvalue weighted by Crippen LogP contribution is 2.25. The smallest absolute Gasteiger partial charge is 0.155 e. The average molecular weight is 281 g/mol. The summed E-state index contributed by atoms with van der Waals surface area (Å²) in [4.78, 5) is 11.1. The molecule has 0 aliphatic heterocycles. The monoisotopic (exact) mass is 280 g/mol. The zero-order valence-electron chi connectivity index (χ0n) is 10.7. The van der Waals surface area contributed by atoms with Crippen molar-refractivity contribution in [2.24, 2.45) is 0 Å². The lowest BCUT2D eigenvalue weighted by molar-refractivity contribution is 0.112. The maximum Gasteiger partial charge on any atom is 0.155 e. The van der Waals surface area contributed by atoms with Gasteiger partial charge in [0.15, 0.2) is 6.29 Å². The average Bonchev–Trinajstić information content (AvgIpc) is 2.69. The highest BCUT2D eigenvalue weighted by Gasteiger charge is 2.18. The maximum atomic E-state index is 12.8. The zero-order valence-corrected chi connectivity index (χ0v) is 11.5. The van der Waals surface area contributed by atoms with Crippen LogP contribution in [-0.4, -0.2) is 16.1 Å². The molecule has 0 spiro atoms. The van der Waals surface area contributed by atoms with E-state index in [0.717, 1.165) is 11.8 Å². The first-order valence-corrected chi connectivity index (χ1v) is 6.36. The van der Waals surface area contributed by atoms with Gasteiger partial charge in [-0.15, -0.1) is 0 Å². The Morgan fingerprint density at radius 1 is 1.37 bits per heavy atom. The fourth-order valence-corrected chi connectivity index (χ4v) is 2.11. The quantitative estimate of drug-likeness (QED) is 0.801. The van der Waals surface area contributed by atoms with Crippen molar-refractivity contribution < 1.29 is 9.18 Å². The number of aromatic nitrogens is 2. The Hall–Kier alpha value is -1.68. The van der Waals surface area contributed by atoms with Gasteiger partial charge in [-0.2, -0.15) is 5.10 Å². The summed E-state index contributed by atoms with van der Waals surface area (Å²) in [5, 5.41) is 4.68. The molecule has 19 heavy (non-hydrogen) atoms. The first kappa shape index (κ1) is 13.7. The van der Waals surface area contributed by atoms with E-state index in [2.05, 4.69) is 5.10 Å². The van der Waals surface area contributed by atoms with E-state index >= 15 is 0 Å². The first-order chi connectivity index (χ1) is 9.02. The van der Waals surface area contributed by atoms with Crippen molar-refractivity contribution in [3.63, 3.8) is 0 Å². The minimum absolute atomic E-state index is 0.118. The molecule has 0 aliphatic rings. The molecule has 2 rings (SSSR count). The normalized spacial score (nSPS) is 11.0. The van der Waals surface area contributed by atoms with E-state index in [9.17, 15) is 9.18 Å². The topological polar surface area (TPSA) is 34.9 Å². The molecule has 0 saturated heterocycles. The van der Waals surface area contributed by atoms with Gasteiger partial charge in [0.05, 0.1) is 17.8 Å². The van der Waals surface area contributed by atoms with Gasteiger partial charge in [-0.1, -0.05) is 37.6 Å². The minimum Gasteiger partial charge on any atom is -0.298 e. The SMILES string of the molecule is CC(C)c1nn(Cc2ccc(F)cc2)c(Cl)c1C=O. The van der Waals surface area contributed by atoms with Crippen LogP contribution in [0.3, 0.4) is 0 Å². The zero-order chi connectivity index (χ0) is 14.0. The predicted molar refractivity (Wildman–Crippen MR) is 72.2 cm³/mol. The van der Waals surface area contributed by atoms with Crippen molar-refractivity contribution in [2.75, 3.05) is 0 Å². The second-order valence-electron chi connectivity index (χ2n) is 4.65. The fourth-order valence-electron chi connectivity index (χ4n) is 1.88. The van der Waals surface area contributed by atoms with Gasteiger partial charge in [-0.05, 0) is 23.6 Å². The maximum absolute atomic E-state index is 12.8. The summed E-state index contributed by atoms with van der Waals surface area (Å²) in [6.45, 7) is 4.31. The largest absolute Gasteiger partial charge is 0.298 e. The molecule has 100 valence electrons. The number of nitrogens with zero attached hydrogens (tertiary/aromatic N) is 2. The standard InChI is InChI=1S/C14H14ClFN2O/c1-9(2)13-12(8-19)14(15)18(17-13)7-10-3-5-11(16)6-4-10/h3-6,8-9H,7H2,1-2H3. The van der Waals surface area contributed by atoms with Gasteiger partial charge in [-0.3, -0.25) is 4.79 Å². The summed E-state index contributed by atoms with van der Waals surface area (Å²) in [5.41, 5.74) is 1.99. The van der Waals surface area contributed by atoms with E-state index in [1.54, 1.807) is 16.8 Å². The third kappa shape index (κ3) is 2.84. The molecule has 3 nitrogen and oxygen atoms in total. The Kier molecular flexibility index (Phi) is 4.00. The third-order valence-electron chi connectivity index (χ3n) is 2.86. The van der Waals surface area contributed by atoms with Crippen LogP contribution < -0.4 is 0 Å². The number of carbonyl (C=O) groups is 1. The van der Waals surface area contributed by atoms with E-state index in [-0.39, 0.29) is 11.7 Å². The van der Waals surface area contributed by atoms with Gasteiger partial charge in [0.2, 0.25) is 0 Å². The molecule has 0 unspecified atom stereocenters. The molecule has 1 heterocycles. The first-order valence-electron chi connectivity index (χ1n) is 5.98. The fraction of sp³-hybridized carbons (Fsp3) is 0.286. The molecule has 2 aromatic rings. The number of benzene rings is 1. The number of carbonyl (C=O) groups excluding carboxylic acids is 1. The molecule has 0 N–H and O–H groups in total. The van der Waals surface area contributed by atoms with Crippen LogP contribution in [-0.2, 0) is 6.54 Å². The van der Waals surface area contributed by atoms with E-state index in [1.165, 1.54) is 12.1 Å². The van der Waals surface area contributed by atoms with Crippen LogP contribution in [0.5, 0.6) is 0 Å². The molecular weight excluding hydrogens is 267 g/mol. The lowest BCUT2D eigenvalue weighted by Gasteiger charge is -2.03. The van der Waals surface area contributed by atoms with Gasteiger partial charge in [0.1, 0.15) is 11.0 Å². The van der Waals surface area contributed by atoms with Crippen molar-refractivity contribution in [1.82, 2.24) is 9.78 Å². The van der Waals surface area contributed by atoms with Crippen molar-refractivity contribution >= 4 is 17.9 Å². The van der Waals surface area contributed by atoms with Crippen molar-refractivity contribution in [3.05, 3.63) is 52.1 Å². The molecule has 0 aliphatic carbocycles. The number of aldehydes is 1. The van der Waals surface area contributed by atoms with Crippen LogP contribution in [0.2, 0.25) is 5.15 Å². The highest BCUT2D eigenvalue weighted by atomic mass is 35.5. The van der Waals surface area contributed by atoms with Gasteiger partial charge >= 0.3 is 0 Å². The Morgan fingerprint density at radius 2 is 2.00 bits per heavy atom. The third-order valence-corrected chi connectivity index (χ3v) is 3.26. The molecule has 0 saturated carbocycles. The summed E-state index contributed by atoms with van der Waals surface area (Å²) in [5.74, 6) is -0.168. The van der Waals surface area contributed by atoms with Gasteiger partial charge in [0.25, 0.3) is 0 Å². The molecule has 0 bridgehead atoms. The number of hydrogen-bond donors (Lipinski definition) is 0. The molecular formula is C14H14ClFN2O. The Labute approximate surface area is 116 Å². The van der Waals surface area contributed by atoms with E-state index in [0.29, 0.717) is 23.0 Å². The van der Waals surface area contributed by atoms with Crippen LogP contribution in [0.4, 0.5) is 4.39 Å². The van der Waals surface area contributed by atoms with Crippen LogP contribution >= 0.6 is 11.6 Å². The number of rotatable bonds is 4. The Bertz CT molecular complexity index is 590. The van der Waals surface area contributed by atoms with Crippen LogP contribution in [0, 0.1) is 5.82 Å². The summed E-state index contributed by atoms with van der Waals surface area (Å²) in [6.07, 6.45) is 0.728. The lowest BCUT2D eigenvalue weighted by Crippen LogP contribution is -2.03. The van der Waals surface area contributed by atoms with Crippen LogP contribution in [0.15, 0.2) is 24.3 Å². The molecule has 5 heteroatoms.